The number of methoxy groups -OCH3 is 1. The first kappa shape index (κ1) is 18.2. The summed E-state index contributed by atoms with van der Waals surface area (Å²) in [5.74, 6) is 0.727. The third-order valence-corrected chi connectivity index (χ3v) is 4.72. The topological polar surface area (TPSA) is 29.5 Å². The number of carbonyl (C=O) groups excluding carboxylic acids is 1. The van der Waals surface area contributed by atoms with Gasteiger partial charge in [-0.25, -0.2) is 0 Å². The lowest BCUT2D eigenvalue weighted by molar-refractivity contribution is -0.106. The molecule has 0 bridgehead atoms. The van der Waals surface area contributed by atoms with Gasteiger partial charge in [-0.3, -0.25) is 9.69 Å². The first-order chi connectivity index (χ1) is 11.6. The van der Waals surface area contributed by atoms with E-state index in [2.05, 4.69) is 35.0 Å². The molecular formula is C19H18BrNO2S. The molecule has 3 aromatic rings. The number of amides is 1. The summed E-state index contributed by atoms with van der Waals surface area (Å²) >= 11 is 5.11. The van der Waals surface area contributed by atoms with Gasteiger partial charge >= 0.3 is 0 Å². The molecule has 1 heterocycles. The molecule has 2 aromatic carbocycles. The summed E-state index contributed by atoms with van der Waals surface area (Å²) in [6.45, 7) is 2.09. The molecule has 1 aromatic heterocycles. The van der Waals surface area contributed by atoms with Gasteiger partial charge in [0.15, 0.2) is 0 Å². The smallest absolute Gasteiger partial charge is 0.218 e. The third kappa shape index (κ3) is 5.22. The Labute approximate surface area is 154 Å². The minimum atomic E-state index is 0.727. The van der Waals surface area contributed by atoms with Crippen LogP contribution in [-0.2, 0) is 4.79 Å². The molecule has 5 heteroatoms. The molecule has 0 aliphatic heterocycles. The number of hydrogen-bond donors (Lipinski definition) is 0. The first-order valence-electron chi connectivity index (χ1n) is 7.29. The van der Waals surface area contributed by atoms with E-state index < -0.39 is 0 Å². The van der Waals surface area contributed by atoms with E-state index in [1.54, 1.807) is 23.3 Å². The van der Waals surface area contributed by atoms with Crippen LogP contribution in [0.5, 0.6) is 5.75 Å². The summed E-state index contributed by atoms with van der Waals surface area (Å²) in [4.78, 5) is 14.1. The molecule has 0 spiro atoms. The highest BCUT2D eigenvalue weighted by Gasteiger charge is 2.07. The van der Waals surface area contributed by atoms with Crippen LogP contribution in [0.1, 0.15) is 4.88 Å². The second-order valence-corrected chi connectivity index (χ2v) is 7.53. The summed E-state index contributed by atoms with van der Waals surface area (Å²) in [5.41, 5.74) is 1.61. The van der Waals surface area contributed by atoms with Crippen molar-refractivity contribution in [2.45, 2.75) is 6.92 Å². The van der Waals surface area contributed by atoms with Crippen molar-refractivity contribution in [3.05, 3.63) is 75.4 Å². The largest absolute Gasteiger partial charge is 0.497 e. The van der Waals surface area contributed by atoms with Crippen LogP contribution in [0.4, 0.5) is 11.4 Å². The van der Waals surface area contributed by atoms with Crippen molar-refractivity contribution in [3.8, 4) is 5.75 Å². The number of rotatable bonds is 4. The van der Waals surface area contributed by atoms with Gasteiger partial charge in [-0.2, -0.15) is 0 Å². The number of carbonyl (C=O) groups is 1. The summed E-state index contributed by atoms with van der Waals surface area (Å²) in [7, 11) is 1.60. The summed E-state index contributed by atoms with van der Waals surface area (Å²) in [6.07, 6.45) is 0.796. The Morgan fingerprint density at radius 3 is 2.21 bits per heavy atom. The molecule has 0 atom stereocenters. The molecule has 0 radical (unpaired) electrons. The van der Waals surface area contributed by atoms with E-state index in [9.17, 15) is 4.79 Å². The molecule has 124 valence electrons. The van der Waals surface area contributed by atoms with Gasteiger partial charge in [0.25, 0.3) is 0 Å². The minimum absolute atomic E-state index is 0.727. The monoisotopic (exact) mass is 403 g/mol. The van der Waals surface area contributed by atoms with E-state index in [4.69, 9.17) is 4.74 Å². The number of hydrogen-bond acceptors (Lipinski definition) is 3. The Bertz CT molecular complexity index is 757. The van der Waals surface area contributed by atoms with Crippen molar-refractivity contribution in [1.82, 2.24) is 0 Å². The lowest BCUT2D eigenvalue weighted by Crippen LogP contribution is -2.13. The van der Waals surface area contributed by atoms with Crippen molar-refractivity contribution in [2.75, 3.05) is 12.0 Å². The van der Waals surface area contributed by atoms with Crippen LogP contribution in [0.15, 0.2) is 70.5 Å². The molecule has 0 N–H and O–H groups in total. The Balaban J connectivity index is 0.000000249. The second-order valence-electron chi connectivity index (χ2n) is 4.86. The highest BCUT2D eigenvalue weighted by atomic mass is 79.9. The molecule has 3 rings (SSSR count). The zero-order valence-electron chi connectivity index (χ0n) is 13.5. The Kier molecular flexibility index (Phi) is 7.03. The molecule has 1 amide bonds. The van der Waals surface area contributed by atoms with Gasteiger partial charge in [0, 0.05) is 16.6 Å². The minimum Gasteiger partial charge on any atom is -0.497 e. The van der Waals surface area contributed by atoms with Crippen LogP contribution in [0.25, 0.3) is 0 Å². The van der Waals surface area contributed by atoms with Crippen LogP contribution in [0.3, 0.4) is 0 Å². The van der Waals surface area contributed by atoms with Crippen LogP contribution < -0.4 is 9.64 Å². The maximum Gasteiger partial charge on any atom is 0.218 e. The zero-order chi connectivity index (χ0) is 17.4. The standard InChI is InChI=1S/C14H13NO2.C5H5BrS/c1-17-14-9-5-8-13(10-14)15(11-16)12-6-3-2-4-7-12;1-4-2-3-5(6)7-4/h2-11H,1H3;2-3H,1H3. The number of benzene rings is 2. The fraction of sp³-hybridized carbons (Fsp3) is 0.105. The molecule has 0 unspecified atom stereocenters. The van der Waals surface area contributed by atoms with Crippen molar-refractivity contribution < 1.29 is 9.53 Å². The number of para-hydroxylation sites is 1. The maximum absolute atomic E-state index is 11.2. The fourth-order valence-electron chi connectivity index (χ4n) is 2.02. The zero-order valence-corrected chi connectivity index (χ0v) is 15.9. The fourth-order valence-corrected chi connectivity index (χ4v) is 3.50. The quantitative estimate of drug-likeness (QED) is 0.514. The van der Waals surface area contributed by atoms with Crippen molar-refractivity contribution in [1.29, 1.82) is 0 Å². The van der Waals surface area contributed by atoms with Gasteiger partial charge < -0.3 is 4.74 Å². The van der Waals surface area contributed by atoms with E-state index in [0.717, 1.165) is 23.5 Å². The van der Waals surface area contributed by atoms with E-state index in [1.165, 1.54) is 8.66 Å². The summed E-state index contributed by atoms with van der Waals surface area (Å²) in [6, 6.07) is 21.0. The molecular weight excluding hydrogens is 386 g/mol. The SMILES string of the molecule is COc1cccc(N(C=O)c2ccccc2)c1.Cc1ccc(Br)s1. The Hall–Kier alpha value is -2.11. The van der Waals surface area contributed by atoms with Gasteiger partial charge in [-0.15, -0.1) is 11.3 Å². The summed E-state index contributed by atoms with van der Waals surface area (Å²) in [5, 5.41) is 0. The Morgan fingerprint density at radius 1 is 1.00 bits per heavy atom. The maximum atomic E-state index is 11.2. The molecule has 0 saturated carbocycles. The van der Waals surface area contributed by atoms with Crippen molar-refractivity contribution in [3.63, 3.8) is 0 Å². The first-order valence-corrected chi connectivity index (χ1v) is 8.90. The van der Waals surface area contributed by atoms with Crippen LogP contribution in [0.2, 0.25) is 0 Å². The van der Waals surface area contributed by atoms with Gasteiger partial charge in [0.2, 0.25) is 6.41 Å². The average molecular weight is 404 g/mol. The molecule has 24 heavy (non-hydrogen) atoms. The summed E-state index contributed by atoms with van der Waals surface area (Å²) < 4.78 is 6.36. The lowest BCUT2D eigenvalue weighted by atomic mass is 10.2. The number of nitrogens with zero attached hydrogens (tertiary/aromatic N) is 1. The van der Waals surface area contributed by atoms with E-state index in [-0.39, 0.29) is 0 Å². The van der Waals surface area contributed by atoms with Gasteiger partial charge in [0.1, 0.15) is 5.75 Å². The van der Waals surface area contributed by atoms with Crippen LogP contribution in [0, 0.1) is 6.92 Å². The Morgan fingerprint density at radius 2 is 1.71 bits per heavy atom. The predicted octanol–water partition coefficient (Wildman–Crippen LogP) is 5.81. The number of ether oxygens (including phenoxy) is 1. The van der Waals surface area contributed by atoms with Crippen LogP contribution in [-0.4, -0.2) is 13.5 Å². The number of halogens is 1. The van der Waals surface area contributed by atoms with Crippen molar-refractivity contribution >= 4 is 45.1 Å². The average Bonchev–Trinajstić information content (AvgIpc) is 3.00. The van der Waals surface area contributed by atoms with E-state index in [1.807, 2.05) is 54.6 Å². The molecule has 0 aliphatic carbocycles. The molecule has 0 saturated heterocycles. The van der Waals surface area contributed by atoms with Gasteiger partial charge in [-0.05, 0) is 59.3 Å². The number of aryl methyl sites for hydroxylation is 1. The van der Waals surface area contributed by atoms with E-state index >= 15 is 0 Å². The predicted molar refractivity (Wildman–Crippen MR) is 104 cm³/mol. The second kappa shape index (κ2) is 9.25. The number of thiophene rings is 1. The van der Waals surface area contributed by atoms with Crippen LogP contribution >= 0.6 is 27.3 Å². The molecule has 0 fully saturated rings. The van der Waals surface area contributed by atoms with Gasteiger partial charge in [0.05, 0.1) is 16.6 Å². The normalized spacial score (nSPS) is 9.62. The van der Waals surface area contributed by atoms with Gasteiger partial charge in [-0.1, -0.05) is 24.3 Å². The highest BCUT2D eigenvalue weighted by molar-refractivity contribution is 9.11. The highest BCUT2D eigenvalue weighted by Crippen LogP contribution is 2.26. The van der Waals surface area contributed by atoms with Crippen molar-refractivity contribution in [2.24, 2.45) is 0 Å². The molecule has 3 nitrogen and oxygen atoms in total. The lowest BCUT2D eigenvalue weighted by Gasteiger charge is -2.17. The molecule has 0 aliphatic rings. The third-order valence-electron chi connectivity index (χ3n) is 3.18. The van der Waals surface area contributed by atoms with E-state index in [0.29, 0.717) is 0 Å². The number of anilines is 2.